The molecule has 0 unspecified atom stereocenters. The first-order valence-electron chi connectivity index (χ1n) is 2.44. The Kier molecular flexibility index (Phi) is 1.81. The molecule has 0 N–H and O–H groups in total. The summed E-state index contributed by atoms with van der Waals surface area (Å²) in [6.07, 6.45) is 0. The molecule has 0 saturated heterocycles. The molecule has 1 aromatic rings. The number of benzene rings is 1. The van der Waals surface area contributed by atoms with Crippen molar-refractivity contribution in [2.45, 2.75) is 0 Å². The van der Waals surface area contributed by atoms with Crippen LogP contribution in [0.2, 0.25) is 0 Å². The van der Waals surface area contributed by atoms with Gasteiger partial charge in [0.05, 0.1) is 0 Å². The summed E-state index contributed by atoms with van der Waals surface area (Å²) >= 11 is 3.20. The topological polar surface area (TPSA) is 28.1 Å². The predicted molar refractivity (Wildman–Crippen MR) is 38.9 cm³/mol. The average molecular weight is 184 g/mol. The van der Waals surface area contributed by atoms with E-state index in [1.54, 1.807) is 12.1 Å². The van der Waals surface area contributed by atoms with Gasteiger partial charge in [0.15, 0.2) is 4.98 Å². The Morgan fingerprint density at radius 1 is 1.33 bits per heavy atom. The molecule has 44 valence electrons. The third kappa shape index (κ3) is 1.27. The molecular weight excluding hydrogens is 180 g/mol. The van der Waals surface area contributed by atoms with Crippen molar-refractivity contribution in [1.82, 2.24) is 0 Å². The van der Waals surface area contributed by atoms with Gasteiger partial charge in [-0.05, 0) is 22.0 Å². The fraction of sp³-hybridized carbons (Fsp3) is 0. The lowest BCUT2D eigenvalue weighted by Crippen LogP contribution is -1.61. The van der Waals surface area contributed by atoms with E-state index in [4.69, 9.17) is 5.39 Å². The highest BCUT2D eigenvalue weighted by atomic mass is 79.9. The molecule has 0 bridgehead atoms. The number of nitrogens with zero attached hydrogens (tertiary/aromatic N) is 2. The van der Waals surface area contributed by atoms with Crippen molar-refractivity contribution in [3.63, 3.8) is 0 Å². The minimum absolute atomic E-state index is 0.553. The second-order valence-electron chi connectivity index (χ2n) is 1.55. The van der Waals surface area contributed by atoms with Gasteiger partial charge in [-0.15, -0.1) is 0 Å². The van der Waals surface area contributed by atoms with Crippen molar-refractivity contribution < 1.29 is 0 Å². The van der Waals surface area contributed by atoms with E-state index in [1.165, 1.54) is 0 Å². The van der Waals surface area contributed by atoms with Gasteiger partial charge in [-0.25, -0.2) is 0 Å². The molecule has 3 heteroatoms. The van der Waals surface area contributed by atoms with Crippen molar-refractivity contribution in [3.8, 4) is 0 Å². The molecule has 0 aliphatic heterocycles. The first-order chi connectivity index (χ1) is 4.34. The Morgan fingerprint density at radius 2 is 2.00 bits per heavy atom. The molecule has 0 aliphatic rings. The number of halogens is 1. The van der Waals surface area contributed by atoms with Gasteiger partial charge in [0, 0.05) is 6.07 Å². The molecule has 0 saturated carbocycles. The molecular formula is C6H4BrN2+. The quantitative estimate of drug-likeness (QED) is 0.569. The van der Waals surface area contributed by atoms with Crippen molar-refractivity contribution in [2.75, 3.05) is 0 Å². The van der Waals surface area contributed by atoms with Gasteiger partial charge in [-0.1, -0.05) is 12.1 Å². The zero-order chi connectivity index (χ0) is 6.69. The SMILES string of the molecule is N#[N+]c1ccccc1Br. The Labute approximate surface area is 61.3 Å². The monoisotopic (exact) mass is 183 g/mol. The number of hydrogen-bond donors (Lipinski definition) is 0. The minimum Gasteiger partial charge on any atom is -0.0606 e. The van der Waals surface area contributed by atoms with Crippen LogP contribution in [0.4, 0.5) is 5.69 Å². The van der Waals surface area contributed by atoms with Crippen LogP contribution in [0.1, 0.15) is 0 Å². The molecule has 9 heavy (non-hydrogen) atoms. The molecule has 0 amide bonds. The highest BCUT2D eigenvalue weighted by molar-refractivity contribution is 9.10. The summed E-state index contributed by atoms with van der Waals surface area (Å²) in [4.78, 5) is 3.02. The fourth-order valence-corrected chi connectivity index (χ4v) is 0.897. The van der Waals surface area contributed by atoms with Crippen LogP contribution in [0.5, 0.6) is 0 Å². The molecule has 0 heterocycles. The van der Waals surface area contributed by atoms with Gasteiger partial charge in [-0.3, -0.25) is 0 Å². The largest absolute Gasteiger partial charge is 0.399 e. The molecule has 0 aromatic heterocycles. The van der Waals surface area contributed by atoms with E-state index in [0.717, 1.165) is 4.47 Å². The maximum Gasteiger partial charge on any atom is 0.399 e. The number of rotatable bonds is 0. The molecule has 2 nitrogen and oxygen atoms in total. The van der Waals surface area contributed by atoms with E-state index in [-0.39, 0.29) is 0 Å². The lowest BCUT2D eigenvalue weighted by Gasteiger charge is -1.78. The van der Waals surface area contributed by atoms with Crippen molar-refractivity contribution in [3.05, 3.63) is 33.7 Å². The Balaban J connectivity index is 3.20. The Bertz CT molecular complexity index is 251. The van der Waals surface area contributed by atoms with Crippen LogP contribution in [0, 0.1) is 5.39 Å². The van der Waals surface area contributed by atoms with E-state index in [2.05, 4.69) is 20.9 Å². The van der Waals surface area contributed by atoms with Crippen LogP contribution >= 0.6 is 15.9 Å². The molecule has 0 atom stereocenters. The van der Waals surface area contributed by atoms with E-state index in [9.17, 15) is 0 Å². The first-order valence-corrected chi connectivity index (χ1v) is 3.23. The zero-order valence-corrected chi connectivity index (χ0v) is 6.17. The lowest BCUT2D eigenvalue weighted by atomic mass is 10.3. The summed E-state index contributed by atoms with van der Waals surface area (Å²) in [6.45, 7) is 0. The maximum absolute atomic E-state index is 8.31. The van der Waals surface area contributed by atoms with Crippen LogP contribution in [-0.2, 0) is 0 Å². The third-order valence-corrected chi connectivity index (χ3v) is 1.63. The molecule has 0 fully saturated rings. The van der Waals surface area contributed by atoms with Crippen LogP contribution < -0.4 is 0 Å². The second kappa shape index (κ2) is 2.60. The number of diazo groups is 1. The summed E-state index contributed by atoms with van der Waals surface area (Å²) in [5, 5.41) is 8.31. The van der Waals surface area contributed by atoms with Gasteiger partial charge in [-0.2, -0.15) is 0 Å². The lowest BCUT2D eigenvalue weighted by molar-refractivity contribution is 1.45. The first kappa shape index (κ1) is 6.24. The highest BCUT2D eigenvalue weighted by Crippen LogP contribution is 2.23. The third-order valence-electron chi connectivity index (χ3n) is 0.960. The van der Waals surface area contributed by atoms with Gasteiger partial charge in [0.1, 0.15) is 4.47 Å². The van der Waals surface area contributed by atoms with Gasteiger partial charge in [0.2, 0.25) is 5.39 Å². The summed E-state index contributed by atoms with van der Waals surface area (Å²) in [7, 11) is 0. The zero-order valence-electron chi connectivity index (χ0n) is 4.58. The van der Waals surface area contributed by atoms with Crippen LogP contribution in [0.3, 0.4) is 0 Å². The summed E-state index contributed by atoms with van der Waals surface area (Å²) in [5.74, 6) is 0. The summed E-state index contributed by atoms with van der Waals surface area (Å²) in [5.41, 5.74) is 0.553. The van der Waals surface area contributed by atoms with E-state index >= 15 is 0 Å². The average Bonchev–Trinajstić information content (AvgIpc) is 1.89. The maximum atomic E-state index is 8.31. The Hall–Kier alpha value is -0.880. The predicted octanol–water partition coefficient (Wildman–Crippen LogP) is 2.93. The van der Waals surface area contributed by atoms with E-state index < -0.39 is 0 Å². The minimum atomic E-state index is 0.553. The highest BCUT2D eigenvalue weighted by Gasteiger charge is 2.06. The Morgan fingerprint density at radius 3 is 2.44 bits per heavy atom. The van der Waals surface area contributed by atoms with Crippen molar-refractivity contribution in [1.29, 1.82) is 5.39 Å². The van der Waals surface area contributed by atoms with Gasteiger partial charge in [0.25, 0.3) is 0 Å². The van der Waals surface area contributed by atoms with Crippen molar-refractivity contribution in [2.24, 2.45) is 0 Å². The van der Waals surface area contributed by atoms with Crippen LogP contribution in [0.15, 0.2) is 28.7 Å². The summed E-state index contributed by atoms with van der Waals surface area (Å²) in [6, 6.07) is 7.19. The molecule has 0 spiro atoms. The summed E-state index contributed by atoms with van der Waals surface area (Å²) < 4.78 is 0.799. The molecule has 1 aromatic carbocycles. The van der Waals surface area contributed by atoms with E-state index in [1.807, 2.05) is 12.1 Å². The van der Waals surface area contributed by atoms with Gasteiger partial charge < -0.3 is 0 Å². The molecule has 0 radical (unpaired) electrons. The van der Waals surface area contributed by atoms with Crippen LogP contribution in [-0.4, -0.2) is 0 Å². The second-order valence-corrected chi connectivity index (χ2v) is 2.41. The molecule has 0 aliphatic carbocycles. The van der Waals surface area contributed by atoms with Crippen LogP contribution in [0.25, 0.3) is 4.98 Å². The smallest absolute Gasteiger partial charge is 0.0606 e. The fourth-order valence-electron chi connectivity index (χ4n) is 0.533. The molecule has 1 rings (SSSR count). The normalized spacial score (nSPS) is 8.44. The number of hydrogen-bond acceptors (Lipinski definition) is 1. The standard InChI is InChI=1S/C6H4BrN2/c7-5-3-1-2-4-6(5)9-8/h1-4H/q+1. The van der Waals surface area contributed by atoms with E-state index in [0.29, 0.717) is 5.69 Å². The van der Waals surface area contributed by atoms with Gasteiger partial charge >= 0.3 is 5.69 Å². The van der Waals surface area contributed by atoms with Crippen molar-refractivity contribution >= 4 is 21.6 Å².